The molecule has 2 aliphatic heterocycles. The van der Waals surface area contributed by atoms with Crippen LogP contribution in [0.5, 0.6) is 5.75 Å². The lowest BCUT2D eigenvalue weighted by Crippen LogP contribution is -2.54. The zero-order valence-electron chi connectivity index (χ0n) is 22.3. The number of nitrogens with zero attached hydrogens (tertiary/aromatic N) is 3. The fourth-order valence-electron chi connectivity index (χ4n) is 6.53. The molecule has 6 rings (SSSR count). The number of phenolic OH excluding ortho intramolecular Hbond substituents is 1. The monoisotopic (exact) mass is 553 g/mol. The summed E-state index contributed by atoms with van der Waals surface area (Å²) in [6, 6.07) is 25.3. The first-order valence-electron chi connectivity index (χ1n) is 13.7. The highest BCUT2D eigenvalue weighted by Crippen LogP contribution is 2.44. The van der Waals surface area contributed by atoms with E-state index in [4.69, 9.17) is 0 Å². The second kappa shape index (κ2) is 10.9. The van der Waals surface area contributed by atoms with Crippen LogP contribution in [0.1, 0.15) is 35.6 Å². The van der Waals surface area contributed by atoms with Crippen molar-refractivity contribution >= 4 is 22.4 Å². The molecule has 2 heterocycles. The smallest absolute Gasteiger partial charge is 0.269 e. The van der Waals surface area contributed by atoms with E-state index in [1.807, 2.05) is 47.4 Å². The number of fused-ring (bicyclic) bond motifs is 2. The van der Waals surface area contributed by atoms with E-state index in [0.717, 1.165) is 21.9 Å². The molecule has 9 heteroatoms. The maximum atomic E-state index is 14.1. The number of non-ortho nitro benzene ring substituents is 1. The number of hydrogen-bond donors (Lipinski definition) is 3. The van der Waals surface area contributed by atoms with Gasteiger partial charge in [-0.3, -0.25) is 19.8 Å². The van der Waals surface area contributed by atoms with Crippen molar-refractivity contribution in [2.75, 3.05) is 0 Å². The Bertz CT molecular complexity index is 1590. The number of nitro groups is 1. The summed E-state index contributed by atoms with van der Waals surface area (Å²) < 4.78 is 0. The zero-order valence-corrected chi connectivity index (χ0v) is 22.3. The molecule has 210 valence electrons. The van der Waals surface area contributed by atoms with Crippen LogP contribution >= 0.6 is 0 Å². The van der Waals surface area contributed by atoms with Crippen molar-refractivity contribution in [1.82, 2.24) is 9.80 Å². The molecule has 9 nitrogen and oxygen atoms in total. The van der Waals surface area contributed by atoms with Gasteiger partial charge >= 0.3 is 0 Å². The van der Waals surface area contributed by atoms with E-state index in [1.54, 1.807) is 30.3 Å². The number of carbonyl (C=O) groups excluding carboxylic acids is 1. The van der Waals surface area contributed by atoms with Gasteiger partial charge in [0.2, 0.25) is 5.91 Å². The third-order valence-electron chi connectivity index (χ3n) is 8.58. The van der Waals surface area contributed by atoms with Crippen molar-refractivity contribution in [3.63, 3.8) is 0 Å². The van der Waals surface area contributed by atoms with E-state index in [2.05, 4.69) is 0 Å². The van der Waals surface area contributed by atoms with Crippen LogP contribution in [0.25, 0.3) is 10.8 Å². The third-order valence-corrected chi connectivity index (χ3v) is 8.58. The number of rotatable bonds is 7. The number of phenols is 1. The molecule has 0 aliphatic carbocycles. The van der Waals surface area contributed by atoms with E-state index in [-0.39, 0.29) is 36.4 Å². The normalized spacial score (nSPS) is 23.5. The molecule has 0 radical (unpaired) electrons. The number of likely N-dealkylation sites (tertiary alicyclic amines) is 2. The number of aliphatic hydroxyl groups excluding tert-OH is 2. The molecule has 2 saturated heterocycles. The minimum absolute atomic E-state index is 0.0345. The summed E-state index contributed by atoms with van der Waals surface area (Å²) >= 11 is 0. The second-order valence-electron chi connectivity index (χ2n) is 10.9. The van der Waals surface area contributed by atoms with E-state index >= 15 is 0 Å². The number of amides is 1. The van der Waals surface area contributed by atoms with Crippen molar-refractivity contribution in [3.05, 3.63) is 118 Å². The molecule has 41 heavy (non-hydrogen) atoms. The van der Waals surface area contributed by atoms with E-state index in [0.29, 0.717) is 18.4 Å². The zero-order chi connectivity index (χ0) is 28.7. The highest BCUT2D eigenvalue weighted by Gasteiger charge is 2.54. The molecule has 4 aromatic rings. The Labute approximate surface area is 237 Å². The van der Waals surface area contributed by atoms with Crippen molar-refractivity contribution in [2.24, 2.45) is 5.92 Å². The van der Waals surface area contributed by atoms with Crippen molar-refractivity contribution in [2.45, 2.75) is 50.3 Å². The highest BCUT2D eigenvalue weighted by molar-refractivity contribution is 5.88. The van der Waals surface area contributed by atoms with Gasteiger partial charge in [-0.1, -0.05) is 72.8 Å². The Kier molecular flexibility index (Phi) is 7.17. The maximum absolute atomic E-state index is 14.1. The van der Waals surface area contributed by atoms with E-state index in [1.165, 1.54) is 23.1 Å². The van der Waals surface area contributed by atoms with Gasteiger partial charge in [0.05, 0.1) is 17.1 Å². The van der Waals surface area contributed by atoms with Crippen molar-refractivity contribution < 1.29 is 25.0 Å². The Hall–Kier alpha value is -4.31. The van der Waals surface area contributed by atoms with Crippen LogP contribution in [-0.4, -0.2) is 54.3 Å². The summed E-state index contributed by atoms with van der Waals surface area (Å²) in [5, 5.41) is 46.7. The van der Waals surface area contributed by atoms with Gasteiger partial charge in [0.25, 0.3) is 5.69 Å². The fraction of sp³-hybridized carbons (Fsp3) is 0.281. The number of carbonyl (C=O) groups is 1. The predicted molar refractivity (Wildman–Crippen MR) is 153 cm³/mol. The van der Waals surface area contributed by atoms with Gasteiger partial charge in [0.15, 0.2) is 0 Å². The number of hydrogen-bond acceptors (Lipinski definition) is 7. The third kappa shape index (κ3) is 4.93. The molecule has 3 N–H and O–H groups in total. The number of nitro benzene ring substituents is 1. The average Bonchev–Trinajstić information content (AvgIpc) is 3.22. The van der Waals surface area contributed by atoms with Gasteiger partial charge < -0.3 is 20.2 Å². The molecular weight excluding hydrogens is 522 g/mol. The number of piperidine rings is 1. The molecule has 1 amide bonds. The molecule has 0 saturated carbocycles. The second-order valence-corrected chi connectivity index (χ2v) is 10.9. The molecule has 0 spiro atoms. The molecule has 0 aromatic heterocycles. The van der Waals surface area contributed by atoms with E-state index < -0.39 is 29.3 Å². The Balaban J connectivity index is 1.35. The molecular formula is C32H31N3O6. The summed E-state index contributed by atoms with van der Waals surface area (Å²) in [5.41, 5.74) is 2.00. The predicted octanol–water partition coefficient (Wildman–Crippen LogP) is 4.50. The number of benzene rings is 4. The Morgan fingerprint density at radius 1 is 0.902 bits per heavy atom. The number of para-hydroxylation sites is 1. The average molecular weight is 554 g/mol. The van der Waals surface area contributed by atoms with Gasteiger partial charge in [-0.15, -0.1) is 0 Å². The van der Waals surface area contributed by atoms with E-state index in [9.17, 15) is 30.2 Å². The lowest BCUT2D eigenvalue weighted by atomic mass is 9.82. The molecule has 4 aromatic carbocycles. The van der Waals surface area contributed by atoms with Crippen LogP contribution in [0.3, 0.4) is 0 Å². The van der Waals surface area contributed by atoms with Crippen LogP contribution in [-0.2, 0) is 17.9 Å². The summed E-state index contributed by atoms with van der Waals surface area (Å²) in [7, 11) is 0. The van der Waals surface area contributed by atoms with Gasteiger partial charge in [-0.2, -0.15) is 0 Å². The molecule has 5 atom stereocenters. The van der Waals surface area contributed by atoms with Crippen LogP contribution in [0.15, 0.2) is 91.0 Å². The topological polar surface area (TPSA) is 127 Å². The van der Waals surface area contributed by atoms with Gasteiger partial charge in [0, 0.05) is 42.7 Å². The quantitative estimate of drug-likeness (QED) is 0.227. The summed E-state index contributed by atoms with van der Waals surface area (Å²) in [4.78, 5) is 28.3. The lowest BCUT2D eigenvalue weighted by molar-refractivity contribution is -0.384. The Morgan fingerprint density at radius 3 is 2.37 bits per heavy atom. The van der Waals surface area contributed by atoms with Gasteiger partial charge in [-0.25, -0.2) is 0 Å². The van der Waals surface area contributed by atoms with Crippen LogP contribution < -0.4 is 0 Å². The minimum atomic E-state index is -1.09. The van der Waals surface area contributed by atoms with Crippen molar-refractivity contribution in [1.29, 1.82) is 0 Å². The standard InChI is InChI=1S/C32H31N3O6/c36-28-11-4-3-10-25(28)30(37)27-17-16-26-29(33(27)18-20-12-14-23(15-13-20)35(40)41)32(39)34(31(26)38)19-22-8-5-7-21-6-1-2-9-24(21)22/h1-15,26-27,29-31,36-38H,16-19H2/t26-,27-,29+,30-,31?/m1/s1. The first-order chi connectivity index (χ1) is 19.8. The first kappa shape index (κ1) is 26.9. The maximum Gasteiger partial charge on any atom is 0.269 e. The summed E-state index contributed by atoms with van der Waals surface area (Å²) in [5.74, 6) is -0.650. The SMILES string of the molecule is O=C1[C@@H]2[C@@H](CC[C@H]([C@H](O)c3ccccc3O)N2Cc2ccc([N+](=O)[O-])cc2)C(O)N1Cc1cccc2ccccc12. The molecule has 0 bridgehead atoms. The fourth-order valence-corrected chi connectivity index (χ4v) is 6.53. The van der Waals surface area contributed by atoms with Gasteiger partial charge in [-0.05, 0) is 40.8 Å². The minimum Gasteiger partial charge on any atom is -0.508 e. The van der Waals surface area contributed by atoms with Crippen LogP contribution in [0.2, 0.25) is 0 Å². The van der Waals surface area contributed by atoms with Gasteiger partial charge in [0.1, 0.15) is 12.0 Å². The molecule has 1 unspecified atom stereocenters. The van der Waals surface area contributed by atoms with Crippen LogP contribution in [0.4, 0.5) is 5.69 Å². The highest BCUT2D eigenvalue weighted by atomic mass is 16.6. The first-order valence-corrected chi connectivity index (χ1v) is 13.7. The van der Waals surface area contributed by atoms with Crippen LogP contribution in [0, 0.1) is 16.0 Å². The number of aromatic hydroxyl groups is 1. The summed E-state index contributed by atoms with van der Waals surface area (Å²) in [6.07, 6.45) is -1.10. The Morgan fingerprint density at radius 2 is 1.61 bits per heavy atom. The lowest BCUT2D eigenvalue weighted by Gasteiger charge is -2.44. The molecule has 2 aliphatic rings. The summed E-state index contributed by atoms with van der Waals surface area (Å²) in [6.45, 7) is 0.474. The number of aliphatic hydroxyl groups is 2. The molecule has 2 fully saturated rings. The van der Waals surface area contributed by atoms with Crippen molar-refractivity contribution in [3.8, 4) is 5.75 Å². The largest absolute Gasteiger partial charge is 0.508 e.